The first-order chi connectivity index (χ1) is 10.4. The van der Waals surface area contributed by atoms with Gasteiger partial charge in [-0.3, -0.25) is 4.99 Å². The van der Waals surface area contributed by atoms with Gasteiger partial charge >= 0.3 is 0 Å². The molecule has 0 radical (unpaired) electrons. The minimum atomic E-state index is 0.305. The smallest absolute Gasteiger partial charge is 0.191 e. The molecule has 1 heterocycles. The number of rotatable bonds is 11. The standard InChI is InChI=1S/C16H33N3O2/c1-3-5-6-7-10-18-16(17-4-2)19-11-8-12-21-15-9-13-20-14-15/h15H,3-14H2,1-2H3,(H2,17,18,19). The van der Waals surface area contributed by atoms with Gasteiger partial charge in [0.15, 0.2) is 5.96 Å². The lowest BCUT2D eigenvalue weighted by atomic mass is 10.2. The van der Waals surface area contributed by atoms with Crippen LogP contribution in [0.2, 0.25) is 0 Å². The molecule has 1 atom stereocenters. The van der Waals surface area contributed by atoms with Gasteiger partial charge in [-0.2, -0.15) is 0 Å². The van der Waals surface area contributed by atoms with Gasteiger partial charge in [-0.25, -0.2) is 0 Å². The van der Waals surface area contributed by atoms with E-state index < -0.39 is 0 Å². The number of nitrogens with zero attached hydrogens (tertiary/aromatic N) is 1. The van der Waals surface area contributed by atoms with Gasteiger partial charge in [0, 0.05) is 32.8 Å². The van der Waals surface area contributed by atoms with Crippen LogP contribution in [-0.4, -0.2) is 51.5 Å². The highest BCUT2D eigenvalue weighted by atomic mass is 16.5. The van der Waals surface area contributed by atoms with Gasteiger partial charge in [0.25, 0.3) is 0 Å². The Morgan fingerprint density at radius 1 is 1.19 bits per heavy atom. The Morgan fingerprint density at radius 3 is 2.81 bits per heavy atom. The fourth-order valence-electron chi connectivity index (χ4n) is 2.25. The van der Waals surface area contributed by atoms with Gasteiger partial charge in [0.2, 0.25) is 0 Å². The van der Waals surface area contributed by atoms with Crippen LogP contribution in [0.25, 0.3) is 0 Å². The quantitative estimate of drug-likeness (QED) is 0.349. The predicted molar refractivity (Wildman–Crippen MR) is 87.9 cm³/mol. The molecule has 0 aromatic carbocycles. The zero-order valence-corrected chi connectivity index (χ0v) is 13.8. The molecule has 2 N–H and O–H groups in total. The molecular formula is C16H33N3O2. The van der Waals surface area contributed by atoms with Crippen molar-refractivity contribution in [1.29, 1.82) is 0 Å². The Bertz CT molecular complexity index is 266. The summed E-state index contributed by atoms with van der Waals surface area (Å²) in [6, 6.07) is 0. The second-order valence-electron chi connectivity index (χ2n) is 5.46. The number of ether oxygens (including phenoxy) is 2. The second kappa shape index (κ2) is 12.9. The lowest BCUT2D eigenvalue weighted by Gasteiger charge is -2.12. The lowest BCUT2D eigenvalue weighted by molar-refractivity contribution is 0.0424. The van der Waals surface area contributed by atoms with Crippen molar-refractivity contribution in [3.63, 3.8) is 0 Å². The molecule has 1 aliphatic rings. The van der Waals surface area contributed by atoms with Crippen LogP contribution in [0.1, 0.15) is 52.4 Å². The fraction of sp³-hybridized carbons (Fsp3) is 0.938. The molecule has 1 rings (SSSR count). The third kappa shape index (κ3) is 9.69. The van der Waals surface area contributed by atoms with Crippen LogP contribution in [0.4, 0.5) is 0 Å². The van der Waals surface area contributed by atoms with E-state index in [2.05, 4.69) is 29.5 Å². The van der Waals surface area contributed by atoms with E-state index in [1.165, 1.54) is 25.7 Å². The van der Waals surface area contributed by atoms with Crippen LogP contribution >= 0.6 is 0 Å². The van der Waals surface area contributed by atoms with Crippen LogP contribution < -0.4 is 10.6 Å². The third-order valence-electron chi connectivity index (χ3n) is 3.48. The maximum atomic E-state index is 5.74. The van der Waals surface area contributed by atoms with Crippen molar-refractivity contribution in [2.24, 2.45) is 4.99 Å². The Balaban J connectivity index is 2.06. The van der Waals surface area contributed by atoms with Crippen LogP contribution in [-0.2, 0) is 9.47 Å². The summed E-state index contributed by atoms with van der Waals surface area (Å²) in [5, 5.41) is 6.67. The van der Waals surface area contributed by atoms with Gasteiger partial charge < -0.3 is 20.1 Å². The van der Waals surface area contributed by atoms with E-state index in [9.17, 15) is 0 Å². The molecule has 0 aromatic rings. The monoisotopic (exact) mass is 299 g/mol. The summed E-state index contributed by atoms with van der Waals surface area (Å²) < 4.78 is 11.0. The highest BCUT2D eigenvalue weighted by Gasteiger charge is 2.15. The van der Waals surface area contributed by atoms with Crippen molar-refractivity contribution in [1.82, 2.24) is 10.6 Å². The Hall–Kier alpha value is -0.810. The summed E-state index contributed by atoms with van der Waals surface area (Å²) in [5.41, 5.74) is 0. The molecule has 5 heteroatoms. The van der Waals surface area contributed by atoms with Gasteiger partial charge in [-0.15, -0.1) is 0 Å². The molecule has 5 nitrogen and oxygen atoms in total. The molecule has 0 saturated carbocycles. The van der Waals surface area contributed by atoms with Crippen molar-refractivity contribution in [2.75, 3.05) is 39.5 Å². The van der Waals surface area contributed by atoms with Crippen molar-refractivity contribution >= 4 is 5.96 Å². The first kappa shape index (κ1) is 18.2. The minimum absolute atomic E-state index is 0.305. The molecule has 0 aliphatic carbocycles. The Morgan fingerprint density at radius 2 is 2.10 bits per heavy atom. The number of aliphatic imine (C=N–C) groups is 1. The molecule has 0 aromatic heterocycles. The molecular weight excluding hydrogens is 266 g/mol. The van der Waals surface area contributed by atoms with E-state index >= 15 is 0 Å². The SMILES string of the molecule is CCCCCCNC(=NCCCOC1CCOC1)NCC. The zero-order chi connectivity index (χ0) is 15.2. The third-order valence-corrected chi connectivity index (χ3v) is 3.48. The summed E-state index contributed by atoms with van der Waals surface area (Å²) in [6.07, 6.45) is 7.40. The van der Waals surface area contributed by atoms with Crippen LogP contribution in [0, 0.1) is 0 Å². The number of unbranched alkanes of at least 4 members (excludes halogenated alkanes) is 3. The van der Waals surface area contributed by atoms with Gasteiger partial charge in [0.1, 0.15) is 0 Å². The topological polar surface area (TPSA) is 54.9 Å². The summed E-state index contributed by atoms with van der Waals surface area (Å²) in [6.45, 7) is 9.40. The minimum Gasteiger partial charge on any atom is -0.379 e. The maximum absolute atomic E-state index is 5.74. The highest BCUT2D eigenvalue weighted by molar-refractivity contribution is 5.79. The number of nitrogens with one attached hydrogen (secondary N) is 2. The van der Waals surface area contributed by atoms with E-state index in [-0.39, 0.29) is 0 Å². The van der Waals surface area contributed by atoms with Crippen molar-refractivity contribution in [2.45, 2.75) is 58.5 Å². The lowest BCUT2D eigenvalue weighted by Crippen LogP contribution is -2.37. The van der Waals surface area contributed by atoms with Crippen LogP contribution in [0.5, 0.6) is 0 Å². The van der Waals surface area contributed by atoms with Gasteiger partial charge in [-0.05, 0) is 26.2 Å². The maximum Gasteiger partial charge on any atom is 0.191 e. The number of guanidine groups is 1. The molecule has 1 unspecified atom stereocenters. The second-order valence-corrected chi connectivity index (χ2v) is 5.46. The zero-order valence-electron chi connectivity index (χ0n) is 13.8. The first-order valence-corrected chi connectivity index (χ1v) is 8.58. The van der Waals surface area contributed by atoms with E-state index in [1.54, 1.807) is 0 Å². The summed E-state index contributed by atoms with van der Waals surface area (Å²) in [5.74, 6) is 0.929. The predicted octanol–water partition coefficient (Wildman–Crippen LogP) is 2.32. The van der Waals surface area contributed by atoms with E-state index in [4.69, 9.17) is 9.47 Å². The van der Waals surface area contributed by atoms with Crippen molar-refractivity contribution in [3.05, 3.63) is 0 Å². The van der Waals surface area contributed by atoms with Crippen LogP contribution in [0.15, 0.2) is 4.99 Å². The fourth-order valence-corrected chi connectivity index (χ4v) is 2.25. The molecule has 1 aliphatic heterocycles. The number of hydrogen-bond acceptors (Lipinski definition) is 3. The van der Waals surface area contributed by atoms with E-state index in [0.29, 0.717) is 6.10 Å². The molecule has 0 spiro atoms. The highest BCUT2D eigenvalue weighted by Crippen LogP contribution is 2.08. The van der Waals surface area contributed by atoms with Gasteiger partial charge in [-0.1, -0.05) is 26.2 Å². The van der Waals surface area contributed by atoms with Crippen molar-refractivity contribution in [3.8, 4) is 0 Å². The van der Waals surface area contributed by atoms with Crippen LogP contribution in [0.3, 0.4) is 0 Å². The first-order valence-electron chi connectivity index (χ1n) is 8.58. The summed E-state index contributed by atoms with van der Waals surface area (Å²) in [4.78, 5) is 4.58. The Labute approximate surface area is 129 Å². The molecule has 1 saturated heterocycles. The molecule has 124 valence electrons. The van der Waals surface area contributed by atoms with E-state index in [0.717, 1.165) is 58.3 Å². The van der Waals surface area contributed by atoms with Crippen molar-refractivity contribution < 1.29 is 9.47 Å². The number of hydrogen-bond donors (Lipinski definition) is 2. The largest absolute Gasteiger partial charge is 0.379 e. The molecule has 21 heavy (non-hydrogen) atoms. The summed E-state index contributed by atoms with van der Waals surface area (Å²) >= 11 is 0. The van der Waals surface area contributed by atoms with E-state index in [1.807, 2.05) is 0 Å². The molecule has 1 fully saturated rings. The summed E-state index contributed by atoms with van der Waals surface area (Å²) in [7, 11) is 0. The molecule has 0 bridgehead atoms. The van der Waals surface area contributed by atoms with Gasteiger partial charge in [0.05, 0.1) is 12.7 Å². The normalized spacial score (nSPS) is 19.0. The molecule has 0 amide bonds. The Kier molecular flexibility index (Phi) is 11.2. The average Bonchev–Trinajstić information content (AvgIpc) is 3.00. The average molecular weight is 299 g/mol.